The van der Waals surface area contributed by atoms with Gasteiger partial charge in [0, 0.05) is 33.5 Å². The Morgan fingerprint density at radius 1 is 0.293 bits per heavy atom. The van der Waals surface area contributed by atoms with Crippen molar-refractivity contribution < 1.29 is 0 Å². The van der Waals surface area contributed by atoms with Crippen LogP contribution in [0, 0.1) is 0 Å². The van der Waals surface area contributed by atoms with Crippen molar-refractivity contribution in [2.75, 3.05) is 4.90 Å². The maximum Gasteiger partial charge on any atom is 0.0547 e. The average Bonchev–Trinajstić information content (AvgIpc) is 3.65. The summed E-state index contributed by atoms with van der Waals surface area (Å²) < 4.78 is 2.40. The van der Waals surface area contributed by atoms with Gasteiger partial charge < -0.3 is 9.47 Å². The van der Waals surface area contributed by atoms with Gasteiger partial charge in [0.25, 0.3) is 0 Å². The molecule has 0 atom stereocenters. The van der Waals surface area contributed by atoms with Gasteiger partial charge in [-0.2, -0.15) is 0 Å². The maximum absolute atomic E-state index is 2.40. The number of anilines is 3. The molecule has 10 aromatic carbocycles. The fraction of sp³-hybridized carbons (Fsp3) is 0. The number of rotatable bonds is 7. The Morgan fingerprint density at radius 3 is 1.57 bits per heavy atom. The van der Waals surface area contributed by atoms with Gasteiger partial charge in [-0.3, -0.25) is 0 Å². The highest BCUT2D eigenvalue weighted by Gasteiger charge is 2.17. The molecule has 0 unspecified atom stereocenters. The predicted molar refractivity (Wildman–Crippen MR) is 247 cm³/mol. The van der Waals surface area contributed by atoms with Crippen LogP contribution < -0.4 is 4.90 Å². The summed E-state index contributed by atoms with van der Waals surface area (Å²) in [5.41, 5.74) is 14.1. The summed E-state index contributed by atoms with van der Waals surface area (Å²) in [6, 6.07) is 83.5. The smallest absolute Gasteiger partial charge is 0.0547 e. The van der Waals surface area contributed by atoms with Gasteiger partial charge in [0.2, 0.25) is 0 Å². The number of hydrogen-bond acceptors (Lipinski definition) is 1. The van der Waals surface area contributed by atoms with Crippen molar-refractivity contribution in [3.8, 4) is 39.1 Å². The minimum atomic E-state index is 1.10. The lowest BCUT2D eigenvalue weighted by Crippen LogP contribution is -2.10. The topological polar surface area (TPSA) is 8.17 Å². The molecule has 2 heteroatoms. The van der Waals surface area contributed by atoms with Crippen LogP contribution in [0.4, 0.5) is 17.1 Å². The van der Waals surface area contributed by atoms with Crippen LogP contribution >= 0.6 is 0 Å². The van der Waals surface area contributed by atoms with Crippen molar-refractivity contribution in [1.29, 1.82) is 0 Å². The van der Waals surface area contributed by atoms with Gasteiger partial charge in [-0.25, -0.2) is 0 Å². The molecule has 0 saturated heterocycles. The first-order valence-electron chi connectivity index (χ1n) is 19.9. The van der Waals surface area contributed by atoms with Crippen LogP contribution in [0.3, 0.4) is 0 Å². The Balaban J connectivity index is 0.961. The van der Waals surface area contributed by atoms with Crippen LogP contribution in [0.2, 0.25) is 0 Å². The Labute approximate surface area is 338 Å². The highest BCUT2D eigenvalue weighted by molar-refractivity contribution is 6.21. The number of para-hydroxylation sites is 1. The molecule has 1 heterocycles. The fourth-order valence-corrected chi connectivity index (χ4v) is 8.79. The number of hydrogen-bond donors (Lipinski definition) is 0. The zero-order valence-corrected chi connectivity index (χ0v) is 31.8. The molecular formula is C56H38N2. The van der Waals surface area contributed by atoms with E-state index in [2.05, 4.69) is 240 Å². The van der Waals surface area contributed by atoms with Crippen LogP contribution in [0.15, 0.2) is 231 Å². The van der Waals surface area contributed by atoms with E-state index in [1.807, 2.05) is 0 Å². The molecule has 0 radical (unpaired) electrons. The van der Waals surface area contributed by atoms with Crippen LogP contribution in [0.25, 0.3) is 82.4 Å². The van der Waals surface area contributed by atoms with E-state index in [0.717, 1.165) is 22.7 Å². The molecule has 0 aliphatic heterocycles. The third-order valence-electron chi connectivity index (χ3n) is 11.6. The first-order valence-corrected chi connectivity index (χ1v) is 19.9. The molecule has 0 N–H and O–H groups in total. The fourth-order valence-electron chi connectivity index (χ4n) is 8.79. The second kappa shape index (κ2) is 14.1. The molecule has 1 aromatic heterocycles. The third-order valence-corrected chi connectivity index (χ3v) is 11.6. The molecule has 0 bridgehead atoms. The lowest BCUT2D eigenvalue weighted by Gasteiger charge is -2.26. The van der Waals surface area contributed by atoms with Crippen molar-refractivity contribution in [3.05, 3.63) is 231 Å². The number of nitrogens with zero attached hydrogens (tertiary/aromatic N) is 2. The highest BCUT2D eigenvalue weighted by atomic mass is 15.1. The quantitative estimate of drug-likeness (QED) is 0.158. The van der Waals surface area contributed by atoms with E-state index in [9.17, 15) is 0 Å². The predicted octanol–water partition coefficient (Wildman–Crippen LogP) is 15.6. The SMILES string of the molecule is c1ccc(-c2cccc(N(c3ccc(-c4ccc(-n5c6ccccc6c6c7ccccc7ccc65)cc4)cc3)c3ccc(-c4cccc5ccccc45)cc3)c2)cc1. The summed E-state index contributed by atoms with van der Waals surface area (Å²) in [5.74, 6) is 0. The average molecular weight is 739 g/mol. The monoisotopic (exact) mass is 738 g/mol. The molecule has 0 aliphatic rings. The van der Waals surface area contributed by atoms with Gasteiger partial charge in [0.15, 0.2) is 0 Å². The molecule has 272 valence electrons. The molecule has 0 amide bonds. The third kappa shape index (κ3) is 5.82. The second-order valence-corrected chi connectivity index (χ2v) is 15.0. The van der Waals surface area contributed by atoms with Crippen molar-refractivity contribution in [1.82, 2.24) is 4.57 Å². The van der Waals surface area contributed by atoms with Gasteiger partial charge in [-0.05, 0) is 116 Å². The molecule has 0 spiro atoms. The number of benzene rings is 10. The molecule has 11 rings (SSSR count). The van der Waals surface area contributed by atoms with Gasteiger partial charge in [-0.1, -0.05) is 170 Å². The standard InChI is InChI=1S/C56H38N2/c1-2-12-39(13-3-1)45-17-10-18-49(38-45)57(47-35-28-44(29-36-47)51-22-11-16-42-14-4-6-19-50(42)51)46-31-24-40(25-32-46)41-26-33-48(34-27-41)58-54-23-9-8-21-53(54)56-52-20-7-5-15-43(52)30-37-55(56)58/h1-38H. The minimum absolute atomic E-state index is 1.10. The van der Waals surface area contributed by atoms with Crippen LogP contribution in [-0.4, -0.2) is 4.57 Å². The first kappa shape index (κ1) is 33.6. The van der Waals surface area contributed by atoms with Crippen molar-refractivity contribution in [2.45, 2.75) is 0 Å². The van der Waals surface area contributed by atoms with E-state index in [4.69, 9.17) is 0 Å². The van der Waals surface area contributed by atoms with E-state index in [-0.39, 0.29) is 0 Å². The minimum Gasteiger partial charge on any atom is -0.310 e. The summed E-state index contributed by atoms with van der Waals surface area (Å²) in [6.07, 6.45) is 0. The lowest BCUT2D eigenvalue weighted by atomic mass is 9.98. The summed E-state index contributed by atoms with van der Waals surface area (Å²) in [7, 11) is 0. The Morgan fingerprint density at radius 2 is 0.828 bits per heavy atom. The molecule has 0 fully saturated rings. The zero-order valence-electron chi connectivity index (χ0n) is 31.8. The van der Waals surface area contributed by atoms with E-state index >= 15 is 0 Å². The van der Waals surface area contributed by atoms with Gasteiger partial charge in [0.05, 0.1) is 11.0 Å². The van der Waals surface area contributed by atoms with Crippen molar-refractivity contribution in [2.24, 2.45) is 0 Å². The van der Waals surface area contributed by atoms with E-state index in [0.29, 0.717) is 0 Å². The van der Waals surface area contributed by atoms with Crippen molar-refractivity contribution in [3.63, 3.8) is 0 Å². The Hall–Kier alpha value is -7.68. The largest absolute Gasteiger partial charge is 0.310 e. The van der Waals surface area contributed by atoms with Gasteiger partial charge in [-0.15, -0.1) is 0 Å². The molecule has 58 heavy (non-hydrogen) atoms. The Kier molecular flexibility index (Phi) is 8.19. The summed E-state index contributed by atoms with van der Waals surface area (Å²) in [5, 5.41) is 7.63. The summed E-state index contributed by atoms with van der Waals surface area (Å²) in [6.45, 7) is 0. The van der Waals surface area contributed by atoms with Crippen LogP contribution in [0.5, 0.6) is 0 Å². The maximum atomic E-state index is 2.40. The van der Waals surface area contributed by atoms with E-state index in [1.165, 1.54) is 76.7 Å². The van der Waals surface area contributed by atoms with Gasteiger partial charge in [0.1, 0.15) is 0 Å². The van der Waals surface area contributed by atoms with Crippen molar-refractivity contribution >= 4 is 60.4 Å². The number of fused-ring (bicyclic) bond motifs is 6. The number of aromatic nitrogens is 1. The van der Waals surface area contributed by atoms with Crippen LogP contribution in [0.1, 0.15) is 0 Å². The first-order chi connectivity index (χ1) is 28.8. The normalized spacial score (nSPS) is 11.4. The lowest BCUT2D eigenvalue weighted by molar-refractivity contribution is 1.18. The molecule has 0 saturated carbocycles. The molecule has 11 aromatic rings. The van der Waals surface area contributed by atoms with E-state index < -0.39 is 0 Å². The molecule has 0 aliphatic carbocycles. The van der Waals surface area contributed by atoms with Gasteiger partial charge >= 0.3 is 0 Å². The highest BCUT2D eigenvalue weighted by Crippen LogP contribution is 2.40. The Bertz CT molecular complexity index is 3240. The zero-order chi connectivity index (χ0) is 38.4. The van der Waals surface area contributed by atoms with E-state index in [1.54, 1.807) is 0 Å². The second-order valence-electron chi connectivity index (χ2n) is 15.0. The summed E-state index contributed by atoms with van der Waals surface area (Å²) >= 11 is 0. The summed E-state index contributed by atoms with van der Waals surface area (Å²) in [4.78, 5) is 2.36. The van der Waals surface area contributed by atoms with Crippen LogP contribution in [-0.2, 0) is 0 Å². The molecular weight excluding hydrogens is 701 g/mol. The molecule has 2 nitrogen and oxygen atoms in total.